The highest BCUT2D eigenvalue weighted by atomic mass is 19.3. The molecule has 22 heavy (non-hydrogen) atoms. The van der Waals surface area contributed by atoms with Crippen LogP contribution in [0.25, 0.3) is 5.52 Å². The van der Waals surface area contributed by atoms with Crippen LogP contribution in [0.5, 0.6) is 0 Å². The molecule has 1 unspecified atom stereocenters. The highest BCUT2D eigenvalue weighted by Crippen LogP contribution is 2.40. The minimum absolute atomic E-state index is 0.0187. The first kappa shape index (κ1) is 14.7. The largest absolute Gasteiger partial charge is 0.399 e. The van der Waals surface area contributed by atoms with E-state index in [1.165, 1.54) is 6.20 Å². The lowest BCUT2D eigenvalue weighted by Crippen LogP contribution is -2.25. The molecule has 3 rings (SSSR count). The number of aromatic nitrogens is 2. The molecule has 0 saturated heterocycles. The van der Waals surface area contributed by atoms with Crippen molar-refractivity contribution in [2.45, 2.75) is 31.6 Å². The number of hydrogen-bond donors (Lipinski definition) is 2. The summed E-state index contributed by atoms with van der Waals surface area (Å²) in [5, 5.41) is 6.86. The van der Waals surface area contributed by atoms with E-state index in [4.69, 9.17) is 5.73 Å². The molecule has 1 saturated carbocycles. The number of hydrogen-bond acceptors (Lipinski definition) is 3. The second-order valence-electron chi connectivity index (χ2n) is 5.86. The summed E-state index contributed by atoms with van der Waals surface area (Å²) in [6.45, 7) is 0.388. The summed E-state index contributed by atoms with van der Waals surface area (Å²) < 4.78 is 27.8. The van der Waals surface area contributed by atoms with Crippen molar-refractivity contribution >= 4 is 17.1 Å². The van der Waals surface area contributed by atoms with Gasteiger partial charge in [0.25, 0.3) is 5.91 Å². The quantitative estimate of drug-likeness (QED) is 0.911. The number of amides is 1. The van der Waals surface area contributed by atoms with Gasteiger partial charge < -0.3 is 11.1 Å². The minimum Gasteiger partial charge on any atom is -0.399 e. The molecule has 1 amide bonds. The summed E-state index contributed by atoms with van der Waals surface area (Å²) in [4.78, 5) is 12.2. The van der Waals surface area contributed by atoms with Gasteiger partial charge in [-0.3, -0.25) is 4.79 Å². The zero-order valence-corrected chi connectivity index (χ0v) is 12.1. The number of pyridine rings is 1. The summed E-state index contributed by atoms with van der Waals surface area (Å²) in [7, 11) is 0. The summed E-state index contributed by atoms with van der Waals surface area (Å²) in [6.07, 6.45) is 4.14. The minimum atomic E-state index is -2.53. The lowest BCUT2D eigenvalue weighted by atomic mass is 10.0. The van der Waals surface area contributed by atoms with Gasteiger partial charge in [0.1, 0.15) is 0 Å². The molecule has 3 N–H and O–H groups in total. The van der Waals surface area contributed by atoms with E-state index < -0.39 is 5.92 Å². The van der Waals surface area contributed by atoms with Crippen LogP contribution in [0.3, 0.4) is 0 Å². The zero-order chi connectivity index (χ0) is 15.7. The second kappa shape index (κ2) is 5.55. The number of nitrogens with two attached hydrogens (primary N) is 1. The zero-order valence-electron chi connectivity index (χ0n) is 12.1. The van der Waals surface area contributed by atoms with Gasteiger partial charge in [-0.15, -0.1) is 0 Å². The van der Waals surface area contributed by atoms with Crippen molar-refractivity contribution in [3.8, 4) is 0 Å². The summed E-state index contributed by atoms with van der Waals surface area (Å²) >= 11 is 0. The molecule has 1 fully saturated rings. The molecular formula is C15H18F2N4O. The number of nitrogens with zero attached hydrogens (tertiary/aromatic N) is 2. The smallest absolute Gasteiger partial charge is 0.255 e. The van der Waals surface area contributed by atoms with Crippen molar-refractivity contribution in [2.24, 2.45) is 5.92 Å². The van der Waals surface area contributed by atoms with Crippen LogP contribution in [0.2, 0.25) is 0 Å². The van der Waals surface area contributed by atoms with Crippen molar-refractivity contribution in [2.75, 3.05) is 12.3 Å². The highest BCUT2D eigenvalue weighted by Gasteiger charge is 2.38. The van der Waals surface area contributed by atoms with Crippen LogP contribution < -0.4 is 11.1 Å². The number of carbonyl (C=O) groups is 1. The molecule has 0 radical (unpaired) electrons. The molecule has 0 spiro atoms. The predicted molar refractivity (Wildman–Crippen MR) is 78.8 cm³/mol. The van der Waals surface area contributed by atoms with Crippen LogP contribution in [-0.4, -0.2) is 28.0 Å². The molecule has 2 heterocycles. The van der Waals surface area contributed by atoms with Crippen LogP contribution in [0, 0.1) is 5.92 Å². The number of halogens is 2. The van der Waals surface area contributed by atoms with E-state index in [-0.39, 0.29) is 24.7 Å². The molecule has 0 aliphatic heterocycles. The Morgan fingerprint density at radius 3 is 3.09 bits per heavy atom. The van der Waals surface area contributed by atoms with Crippen LogP contribution >= 0.6 is 0 Å². The van der Waals surface area contributed by atoms with Crippen molar-refractivity contribution in [3.63, 3.8) is 0 Å². The molecule has 1 aliphatic carbocycles. The Labute approximate surface area is 126 Å². The van der Waals surface area contributed by atoms with E-state index in [0.29, 0.717) is 36.2 Å². The Balaban J connectivity index is 1.59. The van der Waals surface area contributed by atoms with Gasteiger partial charge in [-0.1, -0.05) is 0 Å². The monoisotopic (exact) mass is 308 g/mol. The molecular weight excluding hydrogens is 290 g/mol. The lowest BCUT2D eigenvalue weighted by Gasteiger charge is -2.11. The van der Waals surface area contributed by atoms with E-state index in [1.54, 1.807) is 22.8 Å². The van der Waals surface area contributed by atoms with E-state index in [9.17, 15) is 13.6 Å². The number of carbonyl (C=O) groups excluding carboxylic acids is 1. The third-order valence-corrected chi connectivity index (χ3v) is 4.13. The molecule has 1 atom stereocenters. The molecule has 0 bridgehead atoms. The van der Waals surface area contributed by atoms with Gasteiger partial charge in [0.15, 0.2) is 0 Å². The topological polar surface area (TPSA) is 72.4 Å². The highest BCUT2D eigenvalue weighted by molar-refractivity contribution is 6.00. The number of nitrogen functional groups attached to an aromatic ring is 1. The average Bonchev–Trinajstić information content (AvgIpc) is 3.01. The fourth-order valence-electron chi connectivity index (χ4n) is 2.95. The van der Waals surface area contributed by atoms with Gasteiger partial charge in [-0.05, 0) is 30.9 Å². The van der Waals surface area contributed by atoms with Crippen LogP contribution in [0.4, 0.5) is 14.5 Å². The third kappa shape index (κ3) is 3.03. The van der Waals surface area contributed by atoms with Gasteiger partial charge in [-0.25, -0.2) is 13.3 Å². The average molecular weight is 308 g/mol. The maximum Gasteiger partial charge on any atom is 0.255 e. The summed E-state index contributed by atoms with van der Waals surface area (Å²) in [6, 6.07) is 3.38. The van der Waals surface area contributed by atoms with Gasteiger partial charge in [0, 0.05) is 31.3 Å². The second-order valence-corrected chi connectivity index (χ2v) is 5.86. The van der Waals surface area contributed by atoms with E-state index in [0.717, 1.165) is 0 Å². The number of fused-ring (bicyclic) bond motifs is 1. The normalized spacial score (nSPS) is 20.4. The molecule has 2 aromatic heterocycles. The van der Waals surface area contributed by atoms with Crippen molar-refractivity contribution in [1.29, 1.82) is 0 Å². The predicted octanol–water partition coefficient (Wildman–Crippen LogP) is 2.47. The number of anilines is 1. The maximum atomic E-state index is 13.1. The first-order valence-corrected chi connectivity index (χ1v) is 7.33. The Bertz CT molecular complexity index is 698. The maximum absolute atomic E-state index is 13.1. The number of alkyl halides is 2. The standard InChI is InChI=1S/C15H18F2N4O/c16-15(17)4-1-10(8-15)2-5-19-14(22)12-9-20-21-6-3-11(18)7-13(12)21/h3,6-7,9-10H,1-2,4-5,8,18H2,(H,19,22). The van der Waals surface area contributed by atoms with Gasteiger partial charge in [-0.2, -0.15) is 5.10 Å². The lowest BCUT2D eigenvalue weighted by molar-refractivity contribution is 0.00478. The third-order valence-electron chi connectivity index (χ3n) is 4.13. The Hall–Kier alpha value is -2.18. The first-order valence-electron chi connectivity index (χ1n) is 7.33. The van der Waals surface area contributed by atoms with Gasteiger partial charge in [0.05, 0.1) is 17.3 Å². The van der Waals surface area contributed by atoms with Crippen molar-refractivity contribution < 1.29 is 13.6 Å². The Morgan fingerprint density at radius 1 is 1.55 bits per heavy atom. The van der Waals surface area contributed by atoms with Crippen molar-refractivity contribution in [1.82, 2.24) is 14.9 Å². The molecule has 118 valence electrons. The van der Waals surface area contributed by atoms with E-state index in [1.807, 2.05) is 0 Å². The number of nitrogens with one attached hydrogen (secondary N) is 1. The molecule has 1 aliphatic rings. The van der Waals surface area contributed by atoms with Gasteiger partial charge >= 0.3 is 0 Å². The van der Waals surface area contributed by atoms with Crippen LogP contribution in [0.15, 0.2) is 24.5 Å². The SMILES string of the molecule is Nc1ccn2ncc(C(=O)NCCC3CCC(F)(F)C3)c2c1. The summed E-state index contributed by atoms with van der Waals surface area (Å²) in [5.41, 5.74) is 7.33. The first-order chi connectivity index (χ1) is 10.4. The molecule has 0 aromatic carbocycles. The van der Waals surface area contributed by atoms with Crippen LogP contribution in [-0.2, 0) is 0 Å². The van der Waals surface area contributed by atoms with Crippen LogP contribution in [0.1, 0.15) is 36.0 Å². The van der Waals surface area contributed by atoms with E-state index >= 15 is 0 Å². The van der Waals surface area contributed by atoms with Crippen molar-refractivity contribution in [3.05, 3.63) is 30.1 Å². The Morgan fingerprint density at radius 2 is 2.36 bits per heavy atom. The Kier molecular flexibility index (Phi) is 3.72. The molecule has 5 nitrogen and oxygen atoms in total. The van der Waals surface area contributed by atoms with Gasteiger partial charge in [0.2, 0.25) is 5.92 Å². The fourth-order valence-corrected chi connectivity index (χ4v) is 2.95. The molecule has 2 aromatic rings. The number of rotatable bonds is 4. The molecule has 7 heteroatoms. The van der Waals surface area contributed by atoms with E-state index in [2.05, 4.69) is 10.4 Å². The summed E-state index contributed by atoms with van der Waals surface area (Å²) in [5.74, 6) is -2.81. The fraction of sp³-hybridized carbons (Fsp3) is 0.467.